The van der Waals surface area contributed by atoms with Gasteiger partial charge in [-0.25, -0.2) is 9.78 Å². The largest absolute Gasteiger partial charge is 0.418 e. The molecule has 0 saturated carbocycles. The Morgan fingerprint density at radius 2 is 1.54 bits per heavy atom. The number of piperazine rings is 1. The smallest absolute Gasteiger partial charge is 0.410 e. The molecule has 0 unspecified atom stereocenters. The highest BCUT2D eigenvalue weighted by Crippen LogP contribution is 2.13. The normalized spacial score (nSPS) is 14.0. The molecular formula is C27H26N4O4. The van der Waals surface area contributed by atoms with Crippen molar-refractivity contribution in [3.05, 3.63) is 95.7 Å². The minimum Gasteiger partial charge on any atom is -0.410 e. The molecule has 35 heavy (non-hydrogen) atoms. The van der Waals surface area contributed by atoms with Crippen LogP contribution in [-0.4, -0.2) is 65.8 Å². The van der Waals surface area contributed by atoms with Gasteiger partial charge in [0.1, 0.15) is 11.6 Å². The summed E-state index contributed by atoms with van der Waals surface area (Å²) in [5.74, 6) is 0.481. The van der Waals surface area contributed by atoms with E-state index < -0.39 is 6.09 Å². The summed E-state index contributed by atoms with van der Waals surface area (Å²) >= 11 is 0. The van der Waals surface area contributed by atoms with Crippen molar-refractivity contribution in [1.29, 1.82) is 0 Å². The molecule has 8 heteroatoms. The number of rotatable bonds is 6. The van der Waals surface area contributed by atoms with Gasteiger partial charge < -0.3 is 14.5 Å². The van der Waals surface area contributed by atoms with E-state index in [9.17, 15) is 14.4 Å². The monoisotopic (exact) mass is 470 g/mol. The van der Waals surface area contributed by atoms with Gasteiger partial charge in [0.05, 0.1) is 5.69 Å². The van der Waals surface area contributed by atoms with Crippen molar-refractivity contribution >= 4 is 29.7 Å². The van der Waals surface area contributed by atoms with Gasteiger partial charge in [-0.15, -0.1) is 0 Å². The third kappa shape index (κ3) is 6.61. The Morgan fingerprint density at radius 3 is 2.26 bits per heavy atom. The van der Waals surface area contributed by atoms with E-state index in [0.717, 1.165) is 13.1 Å². The first-order valence-corrected chi connectivity index (χ1v) is 11.3. The predicted molar refractivity (Wildman–Crippen MR) is 134 cm³/mol. The molecule has 178 valence electrons. The minimum absolute atomic E-state index is 0.0213. The fourth-order valence-corrected chi connectivity index (χ4v) is 3.57. The summed E-state index contributed by atoms with van der Waals surface area (Å²) in [5.41, 5.74) is 1.53. The van der Waals surface area contributed by atoms with Crippen LogP contribution in [0, 0.1) is 0 Å². The van der Waals surface area contributed by atoms with Gasteiger partial charge in [0.25, 0.3) is 5.91 Å². The molecule has 0 atom stereocenters. The quantitative estimate of drug-likeness (QED) is 0.433. The third-order valence-electron chi connectivity index (χ3n) is 5.57. The van der Waals surface area contributed by atoms with Crippen LogP contribution in [0.15, 0.2) is 78.9 Å². The molecule has 3 aromatic rings. The van der Waals surface area contributed by atoms with Crippen molar-refractivity contribution in [3.63, 3.8) is 0 Å². The Kier molecular flexibility index (Phi) is 7.64. The van der Waals surface area contributed by atoms with Gasteiger partial charge in [0.2, 0.25) is 0 Å². The maximum absolute atomic E-state index is 12.7. The summed E-state index contributed by atoms with van der Waals surface area (Å²) in [6, 6.07) is 20.4. The lowest BCUT2D eigenvalue weighted by Crippen LogP contribution is -2.47. The molecule has 2 aromatic carbocycles. The highest BCUT2D eigenvalue weighted by Gasteiger charge is 2.20. The molecule has 0 spiro atoms. The number of carbonyl (C=O) groups is 3. The molecule has 1 aromatic heterocycles. The van der Waals surface area contributed by atoms with E-state index in [1.165, 1.54) is 6.08 Å². The number of likely N-dealkylation sites (N-methyl/N-ethyl adjacent to an activating group) is 1. The number of anilines is 1. The molecule has 1 aliphatic rings. The van der Waals surface area contributed by atoms with E-state index in [0.29, 0.717) is 41.5 Å². The number of ether oxygens (including phenoxy) is 1. The predicted octanol–water partition coefficient (Wildman–Crippen LogP) is 3.98. The SMILES string of the molecule is CN1CCN(C(=O)c2ccc(C(=O)C=Cc3cccc(NC(=O)Oc4ccccc4)n3)cc2)CC1. The number of carbonyl (C=O) groups excluding carboxylic acids is 3. The zero-order valence-electron chi connectivity index (χ0n) is 19.4. The molecule has 0 bridgehead atoms. The van der Waals surface area contributed by atoms with E-state index >= 15 is 0 Å². The van der Waals surface area contributed by atoms with Crippen molar-refractivity contribution in [2.24, 2.45) is 0 Å². The van der Waals surface area contributed by atoms with Crippen molar-refractivity contribution in [2.45, 2.75) is 0 Å². The Labute approximate surface area is 203 Å². The van der Waals surface area contributed by atoms with Crippen LogP contribution in [0.3, 0.4) is 0 Å². The number of hydrogen-bond acceptors (Lipinski definition) is 6. The number of nitrogens with zero attached hydrogens (tertiary/aromatic N) is 3. The van der Waals surface area contributed by atoms with Gasteiger partial charge in [-0.2, -0.15) is 0 Å². The molecule has 1 N–H and O–H groups in total. The van der Waals surface area contributed by atoms with Gasteiger partial charge >= 0.3 is 6.09 Å². The first-order valence-electron chi connectivity index (χ1n) is 11.3. The second-order valence-corrected chi connectivity index (χ2v) is 8.15. The third-order valence-corrected chi connectivity index (χ3v) is 5.57. The van der Waals surface area contributed by atoms with Crippen LogP contribution in [0.4, 0.5) is 10.6 Å². The van der Waals surface area contributed by atoms with Crippen LogP contribution in [0.1, 0.15) is 26.4 Å². The molecule has 1 saturated heterocycles. The lowest BCUT2D eigenvalue weighted by molar-refractivity contribution is 0.0663. The van der Waals surface area contributed by atoms with Crippen LogP contribution >= 0.6 is 0 Å². The fourth-order valence-electron chi connectivity index (χ4n) is 3.57. The van der Waals surface area contributed by atoms with Gasteiger partial charge in [-0.3, -0.25) is 14.9 Å². The lowest BCUT2D eigenvalue weighted by Gasteiger charge is -2.32. The zero-order valence-corrected chi connectivity index (χ0v) is 19.4. The highest BCUT2D eigenvalue weighted by molar-refractivity contribution is 6.07. The number of hydrogen-bond donors (Lipinski definition) is 1. The summed E-state index contributed by atoms with van der Waals surface area (Å²) in [4.78, 5) is 45.7. The summed E-state index contributed by atoms with van der Waals surface area (Å²) in [7, 11) is 2.04. The van der Waals surface area contributed by atoms with Gasteiger partial charge in [-0.1, -0.05) is 36.4 Å². The number of aromatic nitrogens is 1. The van der Waals surface area contributed by atoms with E-state index in [1.807, 2.05) is 18.0 Å². The maximum atomic E-state index is 12.7. The number of pyridine rings is 1. The zero-order chi connectivity index (χ0) is 24.6. The standard InChI is InChI=1S/C27H26N4O4/c1-30-16-18-31(19-17-30)26(33)21-12-10-20(11-13-21)24(32)15-14-22-6-5-9-25(28-22)29-27(34)35-23-7-3-2-4-8-23/h2-15H,16-19H2,1H3,(H,28,29,34). The first-order chi connectivity index (χ1) is 17.0. The van der Waals surface area contributed by atoms with Crippen molar-refractivity contribution in [2.75, 3.05) is 38.5 Å². The van der Waals surface area contributed by atoms with E-state index in [4.69, 9.17) is 4.74 Å². The Bertz CT molecular complexity index is 1220. The molecule has 2 heterocycles. The molecule has 0 aliphatic carbocycles. The highest BCUT2D eigenvalue weighted by atomic mass is 16.6. The van der Waals surface area contributed by atoms with Gasteiger partial charge in [0.15, 0.2) is 5.78 Å². The van der Waals surface area contributed by atoms with Crippen molar-refractivity contribution in [3.8, 4) is 5.75 Å². The van der Waals surface area contributed by atoms with Crippen LogP contribution in [-0.2, 0) is 0 Å². The number of amides is 2. The number of para-hydroxylation sites is 1. The molecule has 1 fully saturated rings. The molecule has 1 aliphatic heterocycles. The fraction of sp³-hybridized carbons (Fsp3) is 0.185. The minimum atomic E-state index is -0.660. The topological polar surface area (TPSA) is 91.8 Å². The van der Waals surface area contributed by atoms with E-state index in [-0.39, 0.29) is 11.7 Å². The van der Waals surface area contributed by atoms with E-state index in [2.05, 4.69) is 15.2 Å². The summed E-state index contributed by atoms with van der Waals surface area (Å²) < 4.78 is 5.19. The second kappa shape index (κ2) is 11.2. The average molecular weight is 471 g/mol. The molecular weight excluding hydrogens is 444 g/mol. The van der Waals surface area contributed by atoms with Crippen LogP contribution in [0.5, 0.6) is 5.75 Å². The maximum Gasteiger partial charge on any atom is 0.418 e. The Balaban J connectivity index is 1.34. The number of allylic oxidation sites excluding steroid dienone is 1. The van der Waals surface area contributed by atoms with Gasteiger partial charge in [0, 0.05) is 37.3 Å². The molecule has 0 radical (unpaired) electrons. The second-order valence-electron chi connectivity index (χ2n) is 8.15. The summed E-state index contributed by atoms with van der Waals surface area (Å²) in [5, 5.41) is 2.57. The van der Waals surface area contributed by atoms with Crippen LogP contribution in [0.2, 0.25) is 0 Å². The van der Waals surface area contributed by atoms with Crippen LogP contribution in [0.25, 0.3) is 6.08 Å². The van der Waals surface area contributed by atoms with Crippen LogP contribution < -0.4 is 10.1 Å². The molecule has 4 rings (SSSR count). The lowest BCUT2D eigenvalue weighted by atomic mass is 10.1. The van der Waals surface area contributed by atoms with Gasteiger partial charge in [-0.05, 0) is 55.6 Å². The molecule has 8 nitrogen and oxygen atoms in total. The average Bonchev–Trinajstić information content (AvgIpc) is 2.88. The van der Waals surface area contributed by atoms with E-state index in [1.54, 1.807) is 72.8 Å². The summed E-state index contributed by atoms with van der Waals surface area (Å²) in [6.45, 7) is 3.10. The summed E-state index contributed by atoms with van der Waals surface area (Å²) in [6.07, 6.45) is 2.32. The first kappa shape index (κ1) is 23.8. The number of benzene rings is 2. The van der Waals surface area contributed by atoms with Crippen molar-refractivity contribution in [1.82, 2.24) is 14.8 Å². The molecule has 2 amide bonds. The Morgan fingerprint density at radius 1 is 0.857 bits per heavy atom. The number of ketones is 1. The Hall–Kier alpha value is -4.30. The number of nitrogens with one attached hydrogen (secondary N) is 1. The van der Waals surface area contributed by atoms with Crippen molar-refractivity contribution < 1.29 is 19.1 Å².